The second kappa shape index (κ2) is 8.91. The van der Waals surface area contributed by atoms with Crippen LogP contribution in [0, 0.1) is 12.8 Å². The van der Waals surface area contributed by atoms with E-state index >= 15 is 0 Å². The number of hydrogen-bond donors (Lipinski definition) is 0. The van der Waals surface area contributed by atoms with Crippen molar-refractivity contribution in [2.75, 3.05) is 0 Å². The standard InChI is InChI=1S/C11H14O.C6H14/c1-4-10-8(2)6-5-7-11(10)9(3)12;1-4-6(3)5-2/h5-7H,4H2,1-3H3;6H,4-5H2,1-3H3. The Labute approximate surface area is 113 Å². The van der Waals surface area contributed by atoms with Crippen LogP contribution in [0.5, 0.6) is 0 Å². The van der Waals surface area contributed by atoms with E-state index in [1.165, 1.54) is 24.0 Å². The summed E-state index contributed by atoms with van der Waals surface area (Å²) in [5.74, 6) is 1.10. The third-order valence-electron chi connectivity index (χ3n) is 3.54. The molecule has 0 heterocycles. The third kappa shape index (κ3) is 5.48. The van der Waals surface area contributed by atoms with Gasteiger partial charge in [-0.1, -0.05) is 58.7 Å². The summed E-state index contributed by atoms with van der Waals surface area (Å²) in [5, 5.41) is 0. The Bertz CT molecular complexity index is 362. The van der Waals surface area contributed by atoms with Gasteiger partial charge in [-0.25, -0.2) is 0 Å². The molecule has 0 aliphatic rings. The highest BCUT2D eigenvalue weighted by molar-refractivity contribution is 5.95. The van der Waals surface area contributed by atoms with Gasteiger partial charge in [0.05, 0.1) is 0 Å². The minimum absolute atomic E-state index is 0.163. The molecule has 0 unspecified atom stereocenters. The number of ketones is 1. The highest BCUT2D eigenvalue weighted by Gasteiger charge is 2.06. The van der Waals surface area contributed by atoms with Crippen LogP contribution >= 0.6 is 0 Å². The molecule has 0 bridgehead atoms. The molecule has 0 aromatic heterocycles. The summed E-state index contributed by atoms with van der Waals surface area (Å²) >= 11 is 0. The van der Waals surface area contributed by atoms with Crippen LogP contribution in [0.15, 0.2) is 18.2 Å². The van der Waals surface area contributed by atoms with Crippen molar-refractivity contribution in [2.45, 2.75) is 60.8 Å². The molecule has 1 rings (SSSR count). The molecule has 102 valence electrons. The minimum Gasteiger partial charge on any atom is -0.295 e. The van der Waals surface area contributed by atoms with Crippen molar-refractivity contribution >= 4 is 5.78 Å². The fraction of sp³-hybridized carbons (Fsp3) is 0.588. The molecule has 1 aromatic rings. The summed E-state index contributed by atoms with van der Waals surface area (Å²) in [4.78, 5) is 11.2. The van der Waals surface area contributed by atoms with Crippen LogP contribution in [0.4, 0.5) is 0 Å². The monoisotopic (exact) mass is 248 g/mol. The van der Waals surface area contributed by atoms with Crippen LogP contribution < -0.4 is 0 Å². The summed E-state index contributed by atoms with van der Waals surface area (Å²) in [6, 6.07) is 5.88. The molecule has 1 heteroatoms. The zero-order chi connectivity index (χ0) is 14.1. The molecule has 1 nitrogen and oxygen atoms in total. The van der Waals surface area contributed by atoms with Gasteiger partial charge in [0.2, 0.25) is 0 Å². The van der Waals surface area contributed by atoms with Gasteiger partial charge in [0.15, 0.2) is 5.78 Å². The normalized spacial score (nSPS) is 9.94. The van der Waals surface area contributed by atoms with E-state index < -0.39 is 0 Å². The highest BCUT2D eigenvalue weighted by atomic mass is 16.1. The molecular weight excluding hydrogens is 220 g/mol. The van der Waals surface area contributed by atoms with Gasteiger partial charge in [-0.05, 0) is 37.3 Å². The predicted molar refractivity (Wildman–Crippen MR) is 80.3 cm³/mol. The van der Waals surface area contributed by atoms with Gasteiger partial charge in [-0.3, -0.25) is 4.79 Å². The zero-order valence-electron chi connectivity index (χ0n) is 12.8. The van der Waals surface area contributed by atoms with Gasteiger partial charge in [0.1, 0.15) is 0 Å². The second-order valence-electron chi connectivity index (χ2n) is 4.93. The van der Waals surface area contributed by atoms with Gasteiger partial charge >= 0.3 is 0 Å². The van der Waals surface area contributed by atoms with Gasteiger partial charge < -0.3 is 0 Å². The Balaban J connectivity index is 0.000000411. The molecule has 0 saturated heterocycles. The Kier molecular flexibility index (Phi) is 8.36. The molecule has 0 spiro atoms. The Morgan fingerprint density at radius 2 is 1.72 bits per heavy atom. The van der Waals surface area contributed by atoms with E-state index in [4.69, 9.17) is 0 Å². The van der Waals surface area contributed by atoms with Gasteiger partial charge in [0.25, 0.3) is 0 Å². The van der Waals surface area contributed by atoms with Gasteiger partial charge in [-0.15, -0.1) is 0 Å². The summed E-state index contributed by atoms with van der Waals surface area (Å²) in [6.45, 7) is 12.5. The zero-order valence-corrected chi connectivity index (χ0v) is 12.8. The van der Waals surface area contributed by atoms with Crippen molar-refractivity contribution in [1.82, 2.24) is 0 Å². The summed E-state index contributed by atoms with van der Waals surface area (Å²) in [5.41, 5.74) is 3.27. The number of rotatable bonds is 4. The maximum Gasteiger partial charge on any atom is 0.160 e. The van der Waals surface area contributed by atoms with E-state index in [0.29, 0.717) is 0 Å². The van der Waals surface area contributed by atoms with Crippen LogP contribution in [-0.2, 0) is 6.42 Å². The lowest BCUT2D eigenvalue weighted by atomic mass is 9.98. The van der Waals surface area contributed by atoms with Crippen LogP contribution in [0.1, 0.15) is 68.9 Å². The molecule has 0 radical (unpaired) electrons. The van der Waals surface area contributed by atoms with E-state index in [0.717, 1.165) is 17.9 Å². The highest BCUT2D eigenvalue weighted by Crippen LogP contribution is 2.15. The van der Waals surface area contributed by atoms with Gasteiger partial charge in [-0.2, -0.15) is 0 Å². The molecule has 0 aliphatic carbocycles. The largest absolute Gasteiger partial charge is 0.295 e. The molecule has 0 amide bonds. The molecule has 0 fully saturated rings. The van der Waals surface area contributed by atoms with Crippen LogP contribution in [0.3, 0.4) is 0 Å². The second-order valence-corrected chi connectivity index (χ2v) is 4.93. The topological polar surface area (TPSA) is 17.1 Å². The smallest absolute Gasteiger partial charge is 0.160 e. The van der Waals surface area contributed by atoms with E-state index in [9.17, 15) is 4.79 Å². The van der Waals surface area contributed by atoms with Crippen molar-refractivity contribution in [3.05, 3.63) is 34.9 Å². The Morgan fingerprint density at radius 3 is 2.00 bits per heavy atom. The molecular formula is C17H28O. The first kappa shape index (κ1) is 16.9. The van der Waals surface area contributed by atoms with Crippen LogP contribution in [0.2, 0.25) is 0 Å². The first-order valence-corrected chi connectivity index (χ1v) is 7.07. The molecule has 0 N–H and O–H groups in total. The average Bonchev–Trinajstić information content (AvgIpc) is 2.38. The fourth-order valence-corrected chi connectivity index (χ4v) is 1.79. The van der Waals surface area contributed by atoms with E-state index in [2.05, 4.69) is 27.7 Å². The number of carbonyl (C=O) groups excluding carboxylic acids is 1. The lowest BCUT2D eigenvalue weighted by Crippen LogP contribution is -2.00. The summed E-state index contributed by atoms with van der Waals surface area (Å²) in [7, 11) is 0. The average molecular weight is 248 g/mol. The fourth-order valence-electron chi connectivity index (χ4n) is 1.79. The van der Waals surface area contributed by atoms with Crippen molar-refractivity contribution in [2.24, 2.45) is 5.92 Å². The number of benzene rings is 1. The van der Waals surface area contributed by atoms with Crippen LogP contribution in [-0.4, -0.2) is 5.78 Å². The molecule has 0 aliphatic heterocycles. The SMILES string of the molecule is CCC(C)CC.CCc1c(C)cccc1C(C)=O. The van der Waals surface area contributed by atoms with E-state index in [1.807, 2.05) is 25.1 Å². The molecule has 0 atom stereocenters. The first-order chi connectivity index (χ1) is 8.47. The maximum atomic E-state index is 11.2. The predicted octanol–water partition coefficient (Wildman–Crippen LogP) is 5.20. The van der Waals surface area contributed by atoms with Crippen molar-refractivity contribution in [3.63, 3.8) is 0 Å². The molecule has 1 aromatic carbocycles. The minimum atomic E-state index is 0.163. The third-order valence-corrected chi connectivity index (χ3v) is 3.54. The summed E-state index contributed by atoms with van der Waals surface area (Å²) < 4.78 is 0. The van der Waals surface area contributed by atoms with E-state index in [1.54, 1.807) is 6.92 Å². The van der Waals surface area contributed by atoms with Crippen LogP contribution in [0.25, 0.3) is 0 Å². The quantitative estimate of drug-likeness (QED) is 0.669. The lowest BCUT2D eigenvalue weighted by molar-refractivity contribution is 0.101. The Hall–Kier alpha value is -1.11. The number of aryl methyl sites for hydroxylation is 1. The van der Waals surface area contributed by atoms with Crippen molar-refractivity contribution in [1.29, 1.82) is 0 Å². The Morgan fingerprint density at radius 1 is 1.17 bits per heavy atom. The number of Topliss-reactive ketones (excluding diaryl/α,β-unsaturated/α-hetero) is 1. The first-order valence-electron chi connectivity index (χ1n) is 7.07. The molecule has 18 heavy (non-hydrogen) atoms. The van der Waals surface area contributed by atoms with Crippen molar-refractivity contribution < 1.29 is 4.79 Å². The van der Waals surface area contributed by atoms with Gasteiger partial charge in [0, 0.05) is 5.56 Å². The lowest BCUT2D eigenvalue weighted by Gasteiger charge is -2.06. The molecule has 0 saturated carbocycles. The summed E-state index contributed by atoms with van der Waals surface area (Å²) in [6.07, 6.45) is 3.59. The maximum absolute atomic E-state index is 11.2. The van der Waals surface area contributed by atoms with E-state index in [-0.39, 0.29) is 5.78 Å². The number of carbonyl (C=O) groups is 1. The number of hydrogen-bond acceptors (Lipinski definition) is 1. The van der Waals surface area contributed by atoms with Crippen molar-refractivity contribution in [3.8, 4) is 0 Å².